The monoisotopic (exact) mass is 518 g/mol. The quantitative estimate of drug-likeness (QED) is 0.166. The van der Waals surface area contributed by atoms with Crippen LogP contribution in [0.5, 0.6) is 5.75 Å². The van der Waals surface area contributed by atoms with E-state index in [1.54, 1.807) is 24.3 Å². The first-order valence-electron chi connectivity index (χ1n) is 10.4. The highest BCUT2D eigenvalue weighted by Crippen LogP contribution is 2.36. The molecule has 0 atom stereocenters. The Kier molecular flexibility index (Phi) is 6.42. The Morgan fingerprint density at radius 2 is 1.88 bits per heavy atom. The van der Waals surface area contributed by atoms with Crippen LogP contribution in [0.4, 0.5) is 8.78 Å². The molecule has 2 aromatic carbocycles. The minimum atomic E-state index is -2.94. The summed E-state index contributed by atoms with van der Waals surface area (Å²) in [7, 11) is 0. The molecule has 174 valence electrons. The van der Waals surface area contributed by atoms with Gasteiger partial charge in [0.15, 0.2) is 10.9 Å². The lowest BCUT2D eigenvalue weighted by Crippen LogP contribution is -2.22. The van der Waals surface area contributed by atoms with E-state index in [4.69, 9.17) is 16.6 Å². The molecule has 2 aromatic heterocycles. The van der Waals surface area contributed by atoms with Gasteiger partial charge in [0, 0.05) is 15.5 Å². The van der Waals surface area contributed by atoms with Gasteiger partial charge in [0.2, 0.25) is 0 Å². The van der Waals surface area contributed by atoms with E-state index in [-0.39, 0.29) is 22.8 Å². The Labute approximate surface area is 206 Å². The third kappa shape index (κ3) is 4.47. The molecule has 0 amide bonds. The summed E-state index contributed by atoms with van der Waals surface area (Å²) in [6.07, 6.45) is 2.75. The molecule has 4 aromatic rings. The second-order valence-electron chi connectivity index (χ2n) is 7.66. The maximum atomic E-state index is 13.7. The third-order valence-corrected chi connectivity index (χ3v) is 7.90. The fourth-order valence-electron chi connectivity index (χ4n) is 3.98. The van der Waals surface area contributed by atoms with Gasteiger partial charge in [0.25, 0.3) is 5.56 Å². The number of aryl methyl sites for hydroxylation is 2. The minimum absolute atomic E-state index is 0.00983. The summed E-state index contributed by atoms with van der Waals surface area (Å²) in [5, 5.41) is 1.50. The first-order valence-corrected chi connectivity index (χ1v) is 12.6. The van der Waals surface area contributed by atoms with Crippen molar-refractivity contribution in [2.45, 2.75) is 31.0 Å². The number of benzene rings is 2. The zero-order chi connectivity index (χ0) is 23.8. The molecule has 10 heteroatoms. The van der Waals surface area contributed by atoms with Crippen LogP contribution in [0, 0.1) is 0 Å². The van der Waals surface area contributed by atoms with Crippen LogP contribution in [0.25, 0.3) is 15.9 Å². The van der Waals surface area contributed by atoms with E-state index in [2.05, 4.69) is 4.74 Å². The van der Waals surface area contributed by atoms with Crippen molar-refractivity contribution in [1.29, 1.82) is 0 Å². The maximum Gasteiger partial charge on any atom is 0.387 e. The predicted octanol–water partition coefficient (Wildman–Crippen LogP) is 6.17. The normalized spacial score (nSPS) is 12.9. The number of thiophene rings is 1. The minimum Gasteiger partial charge on any atom is -0.435 e. The molecule has 0 fully saturated rings. The summed E-state index contributed by atoms with van der Waals surface area (Å²) >= 11 is 8.58. The van der Waals surface area contributed by atoms with E-state index < -0.39 is 6.61 Å². The molecule has 34 heavy (non-hydrogen) atoms. The molecule has 0 bridgehead atoms. The molecule has 0 unspecified atom stereocenters. The van der Waals surface area contributed by atoms with Gasteiger partial charge in [0.05, 0.1) is 16.8 Å². The highest BCUT2D eigenvalue weighted by atomic mass is 35.5. The second kappa shape index (κ2) is 9.48. The summed E-state index contributed by atoms with van der Waals surface area (Å²) in [4.78, 5) is 32.9. The molecule has 0 spiro atoms. The van der Waals surface area contributed by atoms with E-state index in [0.717, 1.165) is 36.6 Å². The lowest BCUT2D eigenvalue weighted by Gasteiger charge is -2.13. The summed E-state index contributed by atoms with van der Waals surface area (Å²) in [5.74, 6) is -0.0710. The molecule has 0 N–H and O–H groups in total. The Hall–Kier alpha value is -2.75. The molecule has 1 aliphatic rings. The van der Waals surface area contributed by atoms with Crippen molar-refractivity contribution in [3.63, 3.8) is 0 Å². The van der Waals surface area contributed by atoms with Crippen molar-refractivity contribution in [3.05, 3.63) is 79.9 Å². The fraction of sp³-hybridized carbons (Fsp3) is 0.208. The van der Waals surface area contributed by atoms with Crippen LogP contribution in [0.2, 0.25) is 5.02 Å². The zero-order valence-electron chi connectivity index (χ0n) is 17.6. The molecular formula is C24H17ClF2N2O3S2. The van der Waals surface area contributed by atoms with Gasteiger partial charge in [-0.2, -0.15) is 8.78 Å². The van der Waals surface area contributed by atoms with Crippen molar-refractivity contribution < 1.29 is 18.3 Å². The molecule has 0 radical (unpaired) electrons. The number of carbonyl (C=O) groups is 1. The van der Waals surface area contributed by atoms with Crippen LogP contribution in [0.1, 0.15) is 27.2 Å². The number of fused-ring (bicyclic) bond motifs is 3. The zero-order valence-corrected chi connectivity index (χ0v) is 20.0. The standard InChI is InChI=1S/C24H17ClF2N2O3S2/c25-14-6-4-13(5-7-14)18(30)12-33-24-28-21-20(17-2-1-3-19(17)34-21)22(31)29(24)15-8-10-16(11-9-15)32-23(26)27/h4-11,23H,1-3,12H2. The van der Waals surface area contributed by atoms with Gasteiger partial charge in [0.1, 0.15) is 10.6 Å². The van der Waals surface area contributed by atoms with E-state index in [0.29, 0.717) is 31.6 Å². The van der Waals surface area contributed by atoms with Crippen LogP contribution in [-0.2, 0) is 12.8 Å². The van der Waals surface area contributed by atoms with Gasteiger partial charge in [-0.25, -0.2) is 4.98 Å². The number of rotatable bonds is 7. The Balaban J connectivity index is 1.55. The largest absolute Gasteiger partial charge is 0.435 e. The molecule has 5 nitrogen and oxygen atoms in total. The van der Waals surface area contributed by atoms with Crippen LogP contribution in [0.15, 0.2) is 58.5 Å². The molecule has 0 saturated carbocycles. The number of nitrogens with zero attached hydrogens (tertiary/aromatic N) is 2. The van der Waals surface area contributed by atoms with Crippen LogP contribution in [0.3, 0.4) is 0 Å². The van der Waals surface area contributed by atoms with Crippen molar-refractivity contribution in [3.8, 4) is 11.4 Å². The first kappa shape index (κ1) is 23.0. The van der Waals surface area contributed by atoms with Crippen LogP contribution < -0.4 is 10.3 Å². The lowest BCUT2D eigenvalue weighted by atomic mass is 10.1. The molecule has 5 rings (SSSR count). The van der Waals surface area contributed by atoms with Crippen molar-refractivity contribution in [2.24, 2.45) is 0 Å². The number of aromatic nitrogens is 2. The van der Waals surface area contributed by atoms with E-state index in [1.165, 1.54) is 45.0 Å². The Morgan fingerprint density at radius 1 is 1.15 bits per heavy atom. The van der Waals surface area contributed by atoms with Crippen LogP contribution >= 0.6 is 34.7 Å². The predicted molar refractivity (Wildman–Crippen MR) is 130 cm³/mol. The maximum absolute atomic E-state index is 13.7. The van der Waals surface area contributed by atoms with E-state index >= 15 is 0 Å². The number of thioether (sulfide) groups is 1. The van der Waals surface area contributed by atoms with E-state index in [1.807, 2.05) is 0 Å². The average Bonchev–Trinajstić information content (AvgIpc) is 3.39. The summed E-state index contributed by atoms with van der Waals surface area (Å²) in [5.41, 5.74) is 1.78. The number of carbonyl (C=O) groups excluding carboxylic acids is 1. The number of alkyl halides is 2. The number of hydrogen-bond acceptors (Lipinski definition) is 6. The van der Waals surface area contributed by atoms with Gasteiger partial charge < -0.3 is 4.74 Å². The Morgan fingerprint density at radius 3 is 2.59 bits per heavy atom. The number of Topliss-reactive ketones (excluding diaryl/α,β-unsaturated/α-hetero) is 1. The van der Waals surface area contributed by atoms with Gasteiger partial charge in [-0.3, -0.25) is 14.2 Å². The SMILES string of the molecule is O=C(CSc1nc2sc3c(c2c(=O)n1-c1ccc(OC(F)F)cc1)CCC3)c1ccc(Cl)cc1. The molecule has 0 saturated heterocycles. The number of hydrogen-bond donors (Lipinski definition) is 0. The molecule has 2 heterocycles. The highest BCUT2D eigenvalue weighted by Gasteiger charge is 2.24. The van der Waals surface area contributed by atoms with Crippen LogP contribution in [-0.4, -0.2) is 27.7 Å². The number of ether oxygens (including phenoxy) is 1. The first-order chi connectivity index (χ1) is 16.4. The summed E-state index contributed by atoms with van der Waals surface area (Å²) < 4.78 is 31.0. The third-order valence-electron chi connectivity index (χ3n) is 5.53. The van der Waals surface area contributed by atoms with Gasteiger partial charge in [-0.05, 0) is 73.4 Å². The van der Waals surface area contributed by atoms with Crippen molar-refractivity contribution in [1.82, 2.24) is 9.55 Å². The highest BCUT2D eigenvalue weighted by molar-refractivity contribution is 7.99. The van der Waals surface area contributed by atoms with Gasteiger partial charge in [-0.1, -0.05) is 23.4 Å². The smallest absolute Gasteiger partial charge is 0.387 e. The second-order valence-corrected chi connectivity index (χ2v) is 10.1. The molecule has 1 aliphatic carbocycles. The number of ketones is 1. The van der Waals surface area contributed by atoms with Crippen molar-refractivity contribution >= 4 is 50.7 Å². The van der Waals surface area contributed by atoms with E-state index in [9.17, 15) is 18.4 Å². The van der Waals surface area contributed by atoms with Gasteiger partial charge >= 0.3 is 6.61 Å². The fourth-order valence-corrected chi connectivity index (χ4v) is 6.31. The Bertz CT molecular complexity index is 1430. The van der Waals surface area contributed by atoms with Gasteiger partial charge in [-0.15, -0.1) is 11.3 Å². The lowest BCUT2D eigenvalue weighted by molar-refractivity contribution is -0.0498. The topological polar surface area (TPSA) is 61.2 Å². The number of halogens is 3. The van der Waals surface area contributed by atoms with Crippen molar-refractivity contribution in [2.75, 3.05) is 5.75 Å². The molecule has 0 aliphatic heterocycles. The summed E-state index contributed by atoms with van der Waals surface area (Å²) in [6.45, 7) is -2.94. The summed E-state index contributed by atoms with van der Waals surface area (Å²) in [6, 6.07) is 12.4. The average molecular weight is 519 g/mol. The molecular weight excluding hydrogens is 502 g/mol.